The van der Waals surface area contributed by atoms with E-state index in [2.05, 4.69) is 56.0 Å². The number of rotatable bonds is 5. The van der Waals surface area contributed by atoms with Gasteiger partial charge in [0.2, 0.25) is 0 Å². The normalized spacial score (nSPS) is 12.2. The van der Waals surface area contributed by atoms with Crippen molar-refractivity contribution in [1.82, 2.24) is 9.97 Å². The van der Waals surface area contributed by atoms with E-state index in [1.165, 1.54) is 0 Å². The Kier molecular flexibility index (Phi) is 6.09. The first-order chi connectivity index (χ1) is 13.6. The van der Waals surface area contributed by atoms with Crippen LogP contribution in [0.3, 0.4) is 0 Å². The van der Waals surface area contributed by atoms with Gasteiger partial charge in [-0.1, -0.05) is 38.4 Å². The van der Waals surface area contributed by atoms with E-state index in [9.17, 15) is 5.26 Å². The quantitative estimate of drug-likeness (QED) is 0.454. The summed E-state index contributed by atoms with van der Waals surface area (Å²) < 4.78 is 6.33. The molecule has 0 aliphatic carbocycles. The molecule has 1 aromatic carbocycles. The second-order valence-corrected chi connectivity index (χ2v) is 14.1. The third kappa shape index (κ3) is 5.21. The van der Waals surface area contributed by atoms with Gasteiger partial charge in [0.1, 0.15) is 11.8 Å². The van der Waals surface area contributed by atoms with Crippen LogP contribution in [-0.4, -0.2) is 18.3 Å². The summed E-state index contributed by atoms with van der Waals surface area (Å²) in [7, 11) is -1.87. The van der Waals surface area contributed by atoms with Crippen LogP contribution in [-0.2, 0) is 17.5 Å². The number of nitriles is 1. The fourth-order valence-corrected chi connectivity index (χ4v) is 3.96. The van der Waals surface area contributed by atoms with Gasteiger partial charge in [0.15, 0.2) is 8.32 Å². The van der Waals surface area contributed by atoms with Gasteiger partial charge < -0.3 is 4.43 Å². The average molecular weight is 424 g/mol. The first-order valence-electron chi connectivity index (χ1n) is 9.65. The van der Waals surface area contributed by atoms with Gasteiger partial charge in [-0.25, -0.2) is 4.98 Å². The molecule has 0 unspecified atom stereocenters. The Morgan fingerprint density at radius 2 is 1.86 bits per heavy atom. The second kappa shape index (κ2) is 8.23. The maximum Gasteiger partial charge on any atom is 0.192 e. The van der Waals surface area contributed by atoms with E-state index in [4.69, 9.17) is 16.0 Å². The number of aromatic nitrogens is 2. The molecule has 0 aliphatic heterocycles. The molecule has 0 amide bonds. The van der Waals surface area contributed by atoms with Crippen molar-refractivity contribution in [1.29, 1.82) is 5.26 Å². The van der Waals surface area contributed by atoms with E-state index < -0.39 is 8.32 Å². The summed E-state index contributed by atoms with van der Waals surface area (Å²) in [5, 5.41) is 11.2. The zero-order valence-electron chi connectivity index (χ0n) is 17.6. The number of benzene rings is 1. The highest BCUT2D eigenvalue weighted by molar-refractivity contribution is 6.74. The predicted molar refractivity (Wildman–Crippen MR) is 120 cm³/mol. The highest BCUT2D eigenvalue weighted by atomic mass is 35.5. The van der Waals surface area contributed by atoms with Crippen molar-refractivity contribution in [2.24, 2.45) is 0 Å². The Labute approximate surface area is 178 Å². The molecule has 0 atom stereocenters. The predicted octanol–water partition coefficient (Wildman–Crippen LogP) is 6.27. The van der Waals surface area contributed by atoms with E-state index in [1.54, 1.807) is 6.20 Å². The molecule has 0 spiro atoms. The summed E-state index contributed by atoms with van der Waals surface area (Å²) in [6.07, 6.45) is 2.28. The van der Waals surface area contributed by atoms with Gasteiger partial charge in [-0.3, -0.25) is 4.98 Å². The molecule has 6 heteroatoms. The van der Waals surface area contributed by atoms with Crippen LogP contribution in [0.2, 0.25) is 23.2 Å². The second-order valence-electron chi connectivity index (χ2n) is 8.87. The third-order valence-corrected chi connectivity index (χ3v) is 10.2. The summed E-state index contributed by atoms with van der Waals surface area (Å²) in [6.45, 7) is 11.6. The molecule has 29 heavy (non-hydrogen) atoms. The lowest BCUT2D eigenvalue weighted by atomic mass is 10.0. The van der Waals surface area contributed by atoms with E-state index in [1.807, 2.05) is 30.3 Å². The first kappa shape index (κ1) is 21.4. The molecule has 0 saturated carbocycles. The lowest BCUT2D eigenvalue weighted by Gasteiger charge is -2.36. The van der Waals surface area contributed by atoms with Gasteiger partial charge in [0.25, 0.3) is 0 Å². The van der Waals surface area contributed by atoms with Crippen molar-refractivity contribution in [2.75, 3.05) is 0 Å². The van der Waals surface area contributed by atoms with Gasteiger partial charge in [0.05, 0.1) is 17.1 Å². The summed E-state index contributed by atoms with van der Waals surface area (Å²) >= 11 is 6.07. The minimum Gasteiger partial charge on any atom is -0.413 e. The van der Waals surface area contributed by atoms with Crippen molar-refractivity contribution in [3.63, 3.8) is 0 Å². The number of pyridine rings is 2. The molecule has 2 aromatic heterocycles. The fraction of sp³-hybridized carbons (Fsp3) is 0.348. The maximum atomic E-state index is 9.41. The molecular weight excluding hydrogens is 398 g/mol. The number of fused-ring (bicyclic) bond motifs is 1. The lowest BCUT2D eigenvalue weighted by molar-refractivity contribution is 0.276. The van der Waals surface area contributed by atoms with E-state index >= 15 is 0 Å². The zero-order valence-corrected chi connectivity index (χ0v) is 19.3. The minimum absolute atomic E-state index is 0.140. The van der Waals surface area contributed by atoms with E-state index in [-0.39, 0.29) is 5.04 Å². The molecule has 3 aromatic rings. The lowest BCUT2D eigenvalue weighted by Crippen LogP contribution is -2.40. The van der Waals surface area contributed by atoms with Gasteiger partial charge in [-0.05, 0) is 59.6 Å². The zero-order chi connectivity index (χ0) is 21.2. The summed E-state index contributed by atoms with van der Waals surface area (Å²) in [5.41, 5.74) is 4.26. The van der Waals surface area contributed by atoms with Gasteiger partial charge in [0, 0.05) is 23.7 Å². The molecule has 0 saturated heterocycles. The minimum atomic E-state index is -1.87. The number of halogens is 1. The molecule has 150 valence electrons. The van der Waals surface area contributed by atoms with Crippen molar-refractivity contribution in [3.05, 3.63) is 70.1 Å². The van der Waals surface area contributed by atoms with Crippen molar-refractivity contribution >= 4 is 30.8 Å². The molecule has 0 radical (unpaired) electrons. The molecule has 3 rings (SSSR count). The average Bonchev–Trinajstić information content (AvgIpc) is 2.65. The van der Waals surface area contributed by atoms with Crippen LogP contribution in [0.15, 0.2) is 42.6 Å². The molecule has 2 heterocycles. The molecule has 0 aliphatic rings. The van der Waals surface area contributed by atoms with E-state index in [0.29, 0.717) is 23.7 Å². The monoisotopic (exact) mass is 423 g/mol. The van der Waals surface area contributed by atoms with Crippen LogP contribution in [0, 0.1) is 11.3 Å². The standard InChI is InChI=1S/C23H26ClN3OSi/c1-23(2,3)29(4,5)28-15-17-10-20(27-21(11-17)13-25)9-16-6-7-22-18(8-16)12-19(24)14-26-22/h6-8,10-12,14H,9,15H2,1-5H3. The number of hydrogen-bond donors (Lipinski definition) is 0. The highest BCUT2D eigenvalue weighted by Gasteiger charge is 2.37. The number of hydrogen-bond acceptors (Lipinski definition) is 4. The SMILES string of the molecule is CC(C)(C)[Si](C)(C)OCc1cc(C#N)nc(Cc2ccc3ncc(Cl)cc3c2)c1. The Morgan fingerprint density at radius 1 is 1.10 bits per heavy atom. The van der Waals surface area contributed by atoms with Crippen molar-refractivity contribution in [3.8, 4) is 6.07 Å². The summed E-state index contributed by atoms with van der Waals surface area (Å²) in [4.78, 5) is 8.83. The summed E-state index contributed by atoms with van der Waals surface area (Å²) in [6, 6.07) is 14.0. The van der Waals surface area contributed by atoms with Crippen LogP contribution in [0.25, 0.3) is 10.9 Å². The topological polar surface area (TPSA) is 58.8 Å². The number of nitrogens with zero attached hydrogens (tertiary/aromatic N) is 3. The Hall–Kier alpha value is -2.26. The maximum absolute atomic E-state index is 9.41. The van der Waals surface area contributed by atoms with Crippen LogP contribution in [0.5, 0.6) is 0 Å². The largest absolute Gasteiger partial charge is 0.413 e. The smallest absolute Gasteiger partial charge is 0.192 e. The summed E-state index contributed by atoms with van der Waals surface area (Å²) in [5.74, 6) is 0. The van der Waals surface area contributed by atoms with Crippen LogP contribution >= 0.6 is 11.6 Å². The van der Waals surface area contributed by atoms with E-state index in [0.717, 1.165) is 27.7 Å². The van der Waals surface area contributed by atoms with Gasteiger partial charge in [-0.2, -0.15) is 5.26 Å². The Balaban J connectivity index is 1.85. The fourth-order valence-electron chi connectivity index (χ4n) is 2.84. The molecule has 0 N–H and O–H groups in total. The Bertz CT molecular complexity index is 1080. The molecular formula is C23H26ClN3OSi. The van der Waals surface area contributed by atoms with Crippen LogP contribution in [0.1, 0.15) is 43.3 Å². The van der Waals surface area contributed by atoms with Crippen molar-refractivity contribution < 1.29 is 4.43 Å². The highest BCUT2D eigenvalue weighted by Crippen LogP contribution is 2.37. The van der Waals surface area contributed by atoms with Gasteiger partial charge in [-0.15, -0.1) is 0 Å². The molecule has 0 fully saturated rings. The molecule has 0 bridgehead atoms. The third-order valence-electron chi connectivity index (χ3n) is 5.56. The van der Waals surface area contributed by atoms with Crippen molar-refractivity contribution in [2.45, 2.75) is 51.9 Å². The van der Waals surface area contributed by atoms with Crippen LogP contribution in [0.4, 0.5) is 0 Å². The first-order valence-corrected chi connectivity index (χ1v) is 12.9. The Morgan fingerprint density at radius 3 is 2.55 bits per heavy atom. The van der Waals surface area contributed by atoms with Gasteiger partial charge >= 0.3 is 0 Å². The molecule has 4 nitrogen and oxygen atoms in total. The van der Waals surface area contributed by atoms with Crippen LogP contribution < -0.4 is 0 Å².